The summed E-state index contributed by atoms with van der Waals surface area (Å²) in [4.78, 5) is 30.0. The van der Waals surface area contributed by atoms with E-state index in [2.05, 4.69) is 15.6 Å². The minimum atomic E-state index is -0.614. The van der Waals surface area contributed by atoms with Crippen LogP contribution in [0.3, 0.4) is 0 Å². The number of nitrogens with zero attached hydrogens (tertiary/aromatic N) is 1. The van der Waals surface area contributed by atoms with Gasteiger partial charge in [0.05, 0.1) is 11.1 Å². The van der Waals surface area contributed by atoms with Crippen molar-refractivity contribution in [2.75, 3.05) is 10.6 Å². The Balaban J connectivity index is 1.60. The number of anilines is 2. The highest BCUT2D eigenvalue weighted by molar-refractivity contribution is 7.17. The first-order valence-electron chi connectivity index (χ1n) is 8.66. The van der Waals surface area contributed by atoms with Gasteiger partial charge in [-0.2, -0.15) is 0 Å². The van der Waals surface area contributed by atoms with Crippen LogP contribution in [-0.2, 0) is 10.2 Å². The van der Waals surface area contributed by atoms with Crippen molar-refractivity contribution in [3.8, 4) is 10.6 Å². The lowest BCUT2D eigenvalue weighted by Crippen LogP contribution is -2.26. The van der Waals surface area contributed by atoms with Crippen LogP contribution in [0.2, 0.25) is 0 Å². The smallest absolute Gasteiger partial charge is 0.267 e. The van der Waals surface area contributed by atoms with Gasteiger partial charge in [-0.05, 0) is 44.5 Å². The summed E-state index contributed by atoms with van der Waals surface area (Å²) in [6.45, 7) is 5.59. The van der Waals surface area contributed by atoms with Gasteiger partial charge in [-0.15, -0.1) is 11.3 Å². The zero-order valence-corrected chi connectivity index (χ0v) is 16.1. The monoisotopic (exact) mass is 377 g/mol. The molecule has 0 saturated carbocycles. The number of nitrogens with one attached hydrogen (secondary N) is 2. The Morgan fingerprint density at radius 1 is 1.15 bits per heavy atom. The van der Waals surface area contributed by atoms with Crippen molar-refractivity contribution in [2.45, 2.75) is 26.2 Å². The van der Waals surface area contributed by atoms with Gasteiger partial charge in [0.1, 0.15) is 9.88 Å². The summed E-state index contributed by atoms with van der Waals surface area (Å²) in [5.74, 6) is -0.228. The van der Waals surface area contributed by atoms with Gasteiger partial charge in [0, 0.05) is 16.9 Å². The van der Waals surface area contributed by atoms with Crippen LogP contribution < -0.4 is 10.6 Å². The molecule has 0 aliphatic carbocycles. The largest absolute Gasteiger partial charge is 0.325 e. The van der Waals surface area contributed by atoms with Crippen LogP contribution in [0.5, 0.6) is 0 Å². The van der Waals surface area contributed by atoms with E-state index in [9.17, 15) is 9.59 Å². The van der Waals surface area contributed by atoms with Crippen molar-refractivity contribution in [2.24, 2.45) is 0 Å². The third kappa shape index (κ3) is 3.02. The fraction of sp³-hybridized carbons (Fsp3) is 0.190. The molecule has 0 spiro atoms. The van der Waals surface area contributed by atoms with Gasteiger partial charge in [0.2, 0.25) is 5.91 Å². The number of benzene rings is 2. The van der Waals surface area contributed by atoms with Crippen molar-refractivity contribution in [1.29, 1.82) is 0 Å². The first kappa shape index (κ1) is 17.4. The number of hydrogen-bond acceptors (Lipinski definition) is 4. The average molecular weight is 377 g/mol. The second-order valence-corrected chi connectivity index (χ2v) is 8.09. The molecule has 1 aliphatic heterocycles. The molecule has 0 radical (unpaired) electrons. The minimum Gasteiger partial charge on any atom is -0.325 e. The minimum absolute atomic E-state index is 0.0354. The second-order valence-electron chi connectivity index (χ2n) is 7.09. The van der Waals surface area contributed by atoms with Gasteiger partial charge in [0.25, 0.3) is 5.91 Å². The molecule has 3 aromatic rings. The van der Waals surface area contributed by atoms with Crippen LogP contribution in [0.1, 0.15) is 34.8 Å². The molecule has 0 bridgehead atoms. The van der Waals surface area contributed by atoms with Crippen LogP contribution in [0.25, 0.3) is 10.6 Å². The molecule has 0 saturated heterocycles. The molecular formula is C21H19N3O2S. The highest BCUT2D eigenvalue weighted by Crippen LogP contribution is 2.39. The van der Waals surface area contributed by atoms with E-state index >= 15 is 0 Å². The third-order valence-electron chi connectivity index (χ3n) is 4.79. The molecule has 2 aromatic carbocycles. The third-order valence-corrected chi connectivity index (χ3v) is 6.00. The second kappa shape index (κ2) is 6.32. The Morgan fingerprint density at radius 2 is 1.89 bits per heavy atom. The van der Waals surface area contributed by atoms with Crippen molar-refractivity contribution in [3.05, 3.63) is 64.7 Å². The molecule has 4 rings (SSSR count). The molecule has 27 heavy (non-hydrogen) atoms. The van der Waals surface area contributed by atoms with Gasteiger partial charge in [-0.3, -0.25) is 9.59 Å². The van der Waals surface area contributed by atoms with E-state index in [0.29, 0.717) is 16.3 Å². The van der Waals surface area contributed by atoms with Crippen LogP contribution in [-0.4, -0.2) is 16.8 Å². The molecule has 1 aromatic heterocycles. The Morgan fingerprint density at radius 3 is 2.63 bits per heavy atom. The van der Waals surface area contributed by atoms with Gasteiger partial charge < -0.3 is 10.6 Å². The van der Waals surface area contributed by atoms with Crippen molar-refractivity contribution in [3.63, 3.8) is 0 Å². The van der Waals surface area contributed by atoms with E-state index in [1.165, 1.54) is 11.3 Å². The highest BCUT2D eigenvalue weighted by atomic mass is 32.1. The number of aromatic nitrogens is 1. The Bertz CT molecular complexity index is 1050. The number of rotatable bonds is 3. The average Bonchev–Trinajstić information content (AvgIpc) is 3.14. The van der Waals surface area contributed by atoms with Gasteiger partial charge >= 0.3 is 0 Å². The number of amides is 2. The van der Waals surface area contributed by atoms with Gasteiger partial charge in [0.15, 0.2) is 0 Å². The van der Waals surface area contributed by atoms with E-state index in [4.69, 9.17) is 0 Å². The van der Waals surface area contributed by atoms with Crippen molar-refractivity contribution >= 4 is 34.5 Å². The topological polar surface area (TPSA) is 71.1 Å². The highest BCUT2D eigenvalue weighted by Gasteiger charge is 2.38. The zero-order chi connectivity index (χ0) is 19.2. The lowest BCUT2D eigenvalue weighted by atomic mass is 9.86. The summed E-state index contributed by atoms with van der Waals surface area (Å²) in [6, 6.07) is 15.3. The quantitative estimate of drug-likeness (QED) is 0.701. The van der Waals surface area contributed by atoms with Crippen molar-refractivity contribution < 1.29 is 9.59 Å². The maximum absolute atomic E-state index is 12.8. The fourth-order valence-corrected chi connectivity index (χ4v) is 4.12. The van der Waals surface area contributed by atoms with Crippen LogP contribution in [0.4, 0.5) is 11.4 Å². The number of hydrogen-bond donors (Lipinski definition) is 2. The summed E-state index contributed by atoms with van der Waals surface area (Å²) in [5, 5.41) is 6.63. The Hall–Kier alpha value is -2.99. The van der Waals surface area contributed by atoms with E-state index in [1.807, 2.05) is 63.2 Å². The lowest BCUT2D eigenvalue weighted by molar-refractivity contribution is -0.119. The Kier molecular flexibility index (Phi) is 4.08. The van der Waals surface area contributed by atoms with Crippen LogP contribution in [0.15, 0.2) is 48.5 Å². The Labute approximate surface area is 161 Å². The zero-order valence-electron chi connectivity index (χ0n) is 15.3. The first-order chi connectivity index (χ1) is 12.9. The molecule has 2 N–H and O–H groups in total. The summed E-state index contributed by atoms with van der Waals surface area (Å²) >= 11 is 1.38. The number of fused-ring (bicyclic) bond motifs is 1. The molecule has 2 heterocycles. The van der Waals surface area contributed by atoms with Gasteiger partial charge in [-0.25, -0.2) is 4.98 Å². The van der Waals surface area contributed by atoms with E-state index in [0.717, 1.165) is 21.8 Å². The van der Waals surface area contributed by atoms with Gasteiger partial charge in [-0.1, -0.05) is 30.3 Å². The molecule has 5 nitrogen and oxygen atoms in total. The predicted octanol–water partition coefficient (Wildman–Crippen LogP) is 4.60. The van der Waals surface area contributed by atoms with E-state index < -0.39 is 5.41 Å². The maximum atomic E-state index is 12.8. The lowest BCUT2D eigenvalue weighted by Gasteiger charge is -2.16. The fourth-order valence-electron chi connectivity index (χ4n) is 3.15. The first-order valence-corrected chi connectivity index (χ1v) is 9.48. The standard InChI is InChI=1S/C21H19N3O2S/c1-12-17(27-19(22-12)13-7-5-4-6-8-13)18(25)23-14-9-10-16-15(11-14)21(2,3)20(26)24-16/h4-11H,1-3H3,(H,23,25)(H,24,26). The van der Waals surface area contributed by atoms with Crippen LogP contribution in [0, 0.1) is 6.92 Å². The molecular weight excluding hydrogens is 358 g/mol. The summed E-state index contributed by atoms with van der Waals surface area (Å²) in [5.41, 5.74) is 3.43. The SMILES string of the molecule is Cc1nc(-c2ccccc2)sc1C(=O)Nc1ccc2c(c1)C(C)(C)C(=O)N2. The normalized spacial score (nSPS) is 14.6. The maximum Gasteiger partial charge on any atom is 0.267 e. The molecule has 0 atom stereocenters. The molecule has 6 heteroatoms. The summed E-state index contributed by atoms with van der Waals surface area (Å²) in [6.07, 6.45) is 0. The van der Waals surface area contributed by atoms with Crippen molar-refractivity contribution in [1.82, 2.24) is 4.98 Å². The molecule has 136 valence electrons. The number of carbonyl (C=O) groups excluding carboxylic acids is 2. The summed E-state index contributed by atoms with van der Waals surface area (Å²) < 4.78 is 0. The number of aryl methyl sites for hydroxylation is 1. The molecule has 2 amide bonds. The molecule has 0 unspecified atom stereocenters. The predicted molar refractivity (Wildman–Crippen MR) is 108 cm³/mol. The van der Waals surface area contributed by atoms with E-state index in [1.54, 1.807) is 6.07 Å². The number of carbonyl (C=O) groups is 2. The van der Waals surface area contributed by atoms with Crippen LogP contribution >= 0.6 is 11.3 Å². The number of thiazole rings is 1. The summed E-state index contributed by atoms with van der Waals surface area (Å²) in [7, 11) is 0. The molecule has 1 aliphatic rings. The molecule has 0 fully saturated rings. The van der Waals surface area contributed by atoms with E-state index in [-0.39, 0.29) is 11.8 Å².